The maximum atomic E-state index is 4.08. The lowest BCUT2D eigenvalue weighted by Crippen LogP contribution is -2.33. The van der Waals surface area contributed by atoms with Gasteiger partial charge < -0.3 is 5.32 Å². The molecule has 3 nitrogen and oxygen atoms in total. The molecule has 0 saturated carbocycles. The molecule has 2 aromatic rings. The Labute approximate surface area is 128 Å². The Morgan fingerprint density at radius 2 is 1.86 bits per heavy atom. The lowest BCUT2D eigenvalue weighted by molar-refractivity contribution is 0.250. The van der Waals surface area contributed by atoms with Gasteiger partial charge in [-0.15, -0.1) is 0 Å². The standard InChI is InChI=1S/C18H25N3/c1-4-21(13-16-9-11-20-12-10-16)14-18(19-3)17-8-6-5-7-15(17)2/h5-12,18-19H,4,13-14H2,1-3H3. The highest BCUT2D eigenvalue weighted by Gasteiger charge is 2.15. The van der Waals surface area contributed by atoms with Crippen LogP contribution in [0.2, 0.25) is 0 Å². The van der Waals surface area contributed by atoms with E-state index in [1.165, 1.54) is 16.7 Å². The van der Waals surface area contributed by atoms with Crippen LogP contribution in [0.4, 0.5) is 0 Å². The van der Waals surface area contributed by atoms with Crippen LogP contribution in [0.5, 0.6) is 0 Å². The van der Waals surface area contributed by atoms with Crippen LogP contribution in [0.3, 0.4) is 0 Å². The lowest BCUT2D eigenvalue weighted by atomic mass is 10.0. The molecule has 0 fully saturated rings. The average molecular weight is 283 g/mol. The third-order valence-electron chi connectivity index (χ3n) is 3.96. The molecule has 0 amide bonds. The molecule has 21 heavy (non-hydrogen) atoms. The Bertz CT molecular complexity index is 539. The molecule has 1 N–H and O–H groups in total. The molecular formula is C18H25N3. The minimum absolute atomic E-state index is 0.355. The Morgan fingerprint density at radius 1 is 1.14 bits per heavy atom. The Kier molecular flexibility index (Phi) is 5.90. The molecule has 0 radical (unpaired) electrons. The van der Waals surface area contributed by atoms with E-state index >= 15 is 0 Å². The predicted molar refractivity (Wildman–Crippen MR) is 88.2 cm³/mol. The number of nitrogens with one attached hydrogen (secondary N) is 1. The molecule has 0 aliphatic carbocycles. The number of pyridine rings is 1. The van der Waals surface area contributed by atoms with Crippen molar-refractivity contribution in [2.75, 3.05) is 20.1 Å². The fourth-order valence-electron chi connectivity index (χ4n) is 2.63. The van der Waals surface area contributed by atoms with E-state index in [1.807, 2.05) is 19.4 Å². The fraction of sp³-hybridized carbons (Fsp3) is 0.389. The molecule has 1 heterocycles. The normalized spacial score (nSPS) is 12.6. The second kappa shape index (κ2) is 7.91. The highest BCUT2D eigenvalue weighted by molar-refractivity contribution is 5.29. The molecule has 0 aliphatic heterocycles. The van der Waals surface area contributed by atoms with E-state index in [2.05, 4.69) is 65.4 Å². The Hall–Kier alpha value is -1.71. The van der Waals surface area contributed by atoms with Crippen LogP contribution in [-0.2, 0) is 6.54 Å². The van der Waals surface area contributed by atoms with Gasteiger partial charge in [0.25, 0.3) is 0 Å². The number of rotatable bonds is 7. The molecule has 0 saturated heterocycles. The number of aryl methyl sites for hydroxylation is 1. The van der Waals surface area contributed by atoms with Crippen molar-refractivity contribution in [1.82, 2.24) is 15.2 Å². The minimum Gasteiger partial charge on any atom is -0.312 e. The van der Waals surface area contributed by atoms with Crippen LogP contribution in [0, 0.1) is 6.92 Å². The van der Waals surface area contributed by atoms with Gasteiger partial charge in [-0.1, -0.05) is 31.2 Å². The van der Waals surface area contributed by atoms with Crippen molar-refractivity contribution >= 4 is 0 Å². The van der Waals surface area contributed by atoms with Crippen molar-refractivity contribution in [3.05, 3.63) is 65.5 Å². The predicted octanol–water partition coefficient (Wildman–Crippen LogP) is 3.17. The van der Waals surface area contributed by atoms with Crippen molar-refractivity contribution in [1.29, 1.82) is 0 Å². The summed E-state index contributed by atoms with van der Waals surface area (Å²) in [6, 6.07) is 13.1. The van der Waals surface area contributed by atoms with Gasteiger partial charge in [-0.2, -0.15) is 0 Å². The van der Waals surface area contributed by atoms with Crippen LogP contribution in [-0.4, -0.2) is 30.0 Å². The first-order valence-electron chi connectivity index (χ1n) is 7.58. The molecule has 2 rings (SSSR count). The second-order valence-electron chi connectivity index (χ2n) is 5.38. The van der Waals surface area contributed by atoms with Gasteiger partial charge in [0.05, 0.1) is 0 Å². The molecular weight excluding hydrogens is 258 g/mol. The smallest absolute Gasteiger partial charge is 0.0449 e. The quantitative estimate of drug-likeness (QED) is 0.846. The number of benzene rings is 1. The maximum absolute atomic E-state index is 4.08. The van der Waals surface area contributed by atoms with Gasteiger partial charge in [-0.05, 0) is 49.3 Å². The van der Waals surface area contributed by atoms with Crippen LogP contribution in [0.15, 0.2) is 48.8 Å². The van der Waals surface area contributed by atoms with Gasteiger partial charge >= 0.3 is 0 Å². The summed E-state index contributed by atoms with van der Waals surface area (Å²) < 4.78 is 0. The Balaban J connectivity index is 2.07. The van der Waals surface area contributed by atoms with E-state index in [0.29, 0.717) is 6.04 Å². The van der Waals surface area contributed by atoms with E-state index in [-0.39, 0.29) is 0 Å². The molecule has 1 atom stereocenters. The van der Waals surface area contributed by atoms with Gasteiger partial charge in [0.2, 0.25) is 0 Å². The van der Waals surface area contributed by atoms with E-state index in [1.54, 1.807) is 0 Å². The summed E-state index contributed by atoms with van der Waals surface area (Å²) in [4.78, 5) is 6.55. The minimum atomic E-state index is 0.355. The summed E-state index contributed by atoms with van der Waals surface area (Å²) in [5.74, 6) is 0. The maximum Gasteiger partial charge on any atom is 0.0449 e. The monoisotopic (exact) mass is 283 g/mol. The zero-order valence-corrected chi connectivity index (χ0v) is 13.2. The topological polar surface area (TPSA) is 28.2 Å². The lowest BCUT2D eigenvalue weighted by Gasteiger charge is -2.27. The van der Waals surface area contributed by atoms with Crippen molar-refractivity contribution in [2.45, 2.75) is 26.4 Å². The molecule has 3 heteroatoms. The zero-order chi connectivity index (χ0) is 15.1. The van der Waals surface area contributed by atoms with Crippen LogP contribution < -0.4 is 5.32 Å². The second-order valence-corrected chi connectivity index (χ2v) is 5.38. The highest BCUT2D eigenvalue weighted by Crippen LogP contribution is 2.19. The Morgan fingerprint density at radius 3 is 2.48 bits per heavy atom. The average Bonchev–Trinajstić information content (AvgIpc) is 2.53. The zero-order valence-electron chi connectivity index (χ0n) is 13.2. The number of hydrogen-bond acceptors (Lipinski definition) is 3. The summed E-state index contributed by atoms with van der Waals surface area (Å²) >= 11 is 0. The van der Waals surface area contributed by atoms with Gasteiger partial charge in [-0.25, -0.2) is 0 Å². The molecule has 112 valence electrons. The molecule has 0 bridgehead atoms. The van der Waals surface area contributed by atoms with Gasteiger partial charge in [0, 0.05) is 31.5 Å². The fourth-order valence-corrected chi connectivity index (χ4v) is 2.63. The first-order valence-corrected chi connectivity index (χ1v) is 7.58. The van der Waals surface area contributed by atoms with E-state index in [4.69, 9.17) is 0 Å². The highest BCUT2D eigenvalue weighted by atomic mass is 15.1. The SMILES string of the molecule is CCN(Cc1ccncc1)CC(NC)c1ccccc1C. The van der Waals surface area contributed by atoms with Crippen LogP contribution >= 0.6 is 0 Å². The van der Waals surface area contributed by atoms with Crippen LogP contribution in [0.25, 0.3) is 0 Å². The van der Waals surface area contributed by atoms with Crippen LogP contribution in [0.1, 0.15) is 29.7 Å². The van der Waals surface area contributed by atoms with Gasteiger partial charge in [0.1, 0.15) is 0 Å². The van der Waals surface area contributed by atoms with Gasteiger partial charge in [-0.3, -0.25) is 9.88 Å². The third kappa shape index (κ3) is 4.38. The van der Waals surface area contributed by atoms with E-state index in [9.17, 15) is 0 Å². The van der Waals surface area contributed by atoms with E-state index < -0.39 is 0 Å². The third-order valence-corrected chi connectivity index (χ3v) is 3.96. The largest absolute Gasteiger partial charge is 0.312 e. The first-order chi connectivity index (χ1) is 10.2. The summed E-state index contributed by atoms with van der Waals surface area (Å²) in [5, 5.41) is 3.46. The number of aromatic nitrogens is 1. The number of likely N-dealkylation sites (N-methyl/N-ethyl adjacent to an activating group) is 2. The molecule has 1 aromatic heterocycles. The molecule has 1 aromatic carbocycles. The summed E-state index contributed by atoms with van der Waals surface area (Å²) in [6.45, 7) is 7.39. The van der Waals surface area contributed by atoms with Crippen molar-refractivity contribution in [3.63, 3.8) is 0 Å². The van der Waals surface area contributed by atoms with E-state index in [0.717, 1.165) is 19.6 Å². The summed E-state index contributed by atoms with van der Waals surface area (Å²) in [5.41, 5.74) is 4.04. The van der Waals surface area contributed by atoms with Crippen molar-refractivity contribution in [2.24, 2.45) is 0 Å². The van der Waals surface area contributed by atoms with Crippen molar-refractivity contribution in [3.8, 4) is 0 Å². The molecule has 0 spiro atoms. The summed E-state index contributed by atoms with van der Waals surface area (Å²) in [7, 11) is 2.04. The van der Waals surface area contributed by atoms with Crippen molar-refractivity contribution < 1.29 is 0 Å². The number of nitrogens with zero attached hydrogens (tertiary/aromatic N) is 2. The molecule has 1 unspecified atom stereocenters. The summed E-state index contributed by atoms with van der Waals surface area (Å²) in [6.07, 6.45) is 3.72. The number of hydrogen-bond donors (Lipinski definition) is 1. The molecule has 0 aliphatic rings. The first kappa shape index (κ1) is 15.7. The van der Waals surface area contributed by atoms with Gasteiger partial charge in [0.15, 0.2) is 0 Å².